The highest BCUT2D eigenvalue weighted by Crippen LogP contribution is 2.27. The molecule has 2 atom stereocenters. The normalized spacial score (nSPS) is 16.1. The number of nitrogens with zero attached hydrogens (tertiary/aromatic N) is 2. The van der Waals surface area contributed by atoms with E-state index in [1.807, 2.05) is 24.3 Å². The van der Waals surface area contributed by atoms with Crippen LogP contribution in [-0.2, 0) is 9.53 Å². The van der Waals surface area contributed by atoms with E-state index in [-0.39, 0.29) is 23.2 Å². The van der Waals surface area contributed by atoms with Gasteiger partial charge in [0, 0.05) is 42.4 Å². The zero-order valence-corrected chi connectivity index (χ0v) is 18.4. The molecule has 2 aromatic rings. The molecule has 0 aromatic heterocycles. The molecule has 2 aromatic carbocycles. The van der Waals surface area contributed by atoms with E-state index < -0.39 is 16.9 Å². The van der Waals surface area contributed by atoms with E-state index in [1.165, 1.54) is 24.3 Å². The van der Waals surface area contributed by atoms with Crippen molar-refractivity contribution in [2.45, 2.75) is 19.0 Å². The molecule has 0 bridgehead atoms. The maximum Gasteiger partial charge on any atom is 0.270 e. The van der Waals surface area contributed by atoms with Crippen LogP contribution in [0.1, 0.15) is 28.9 Å². The number of morpholine rings is 1. The van der Waals surface area contributed by atoms with Gasteiger partial charge in [0.1, 0.15) is 6.04 Å². The number of nitro benzene ring substituents is 1. The molecule has 0 spiro atoms. The fourth-order valence-electron chi connectivity index (χ4n) is 3.53. The Morgan fingerprint density at radius 1 is 1.19 bits per heavy atom. The van der Waals surface area contributed by atoms with Gasteiger partial charge in [0.15, 0.2) is 0 Å². The predicted octanol–water partition coefficient (Wildman–Crippen LogP) is 2.56. The van der Waals surface area contributed by atoms with E-state index in [4.69, 9.17) is 16.3 Å². The number of nitrogens with one attached hydrogen (secondary N) is 2. The first kappa shape index (κ1) is 23.6. The van der Waals surface area contributed by atoms with Gasteiger partial charge < -0.3 is 15.4 Å². The van der Waals surface area contributed by atoms with Crippen LogP contribution in [0.25, 0.3) is 0 Å². The molecule has 1 aliphatic heterocycles. The summed E-state index contributed by atoms with van der Waals surface area (Å²) in [6.45, 7) is 4.49. The van der Waals surface area contributed by atoms with Crippen molar-refractivity contribution in [2.75, 3.05) is 32.8 Å². The number of carbonyl (C=O) groups is 2. The fourth-order valence-corrected chi connectivity index (χ4v) is 3.79. The third-order valence-electron chi connectivity index (χ3n) is 5.28. The van der Waals surface area contributed by atoms with Crippen LogP contribution in [0.3, 0.4) is 0 Å². The van der Waals surface area contributed by atoms with Crippen molar-refractivity contribution >= 4 is 29.1 Å². The van der Waals surface area contributed by atoms with Gasteiger partial charge in [-0.3, -0.25) is 24.6 Å². The van der Waals surface area contributed by atoms with Crippen LogP contribution in [0.15, 0.2) is 48.5 Å². The van der Waals surface area contributed by atoms with Gasteiger partial charge in [-0.1, -0.05) is 35.9 Å². The molecule has 2 unspecified atom stereocenters. The van der Waals surface area contributed by atoms with E-state index in [9.17, 15) is 19.7 Å². The van der Waals surface area contributed by atoms with Crippen molar-refractivity contribution in [3.8, 4) is 0 Å². The van der Waals surface area contributed by atoms with Gasteiger partial charge in [0.2, 0.25) is 5.91 Å². The highest BCUT2D eigenvalue weighted by molar-refractivity contribution is 6.31. The number of hydrogen-bond acceptors (Lipinski definition) is 6. The fraction of sp³-hybridized carbons (Fsp3) is 0.364. The average molecular weight is 461 g/mol. The molecule has 1 heterocycles. The number of hydrogen-bond donors (Lipinski definition) is 2. The molecule has 0 radical (unpaired) electrons. The SMILES string of the molecule is CC(NC(=O)c1cccc([N+](=O)[O-])c1)C(=O)NCC(c1ccccc1Cl)N1CCOCC1. The minimum Gasteiger partial charge on any atom is -0.379 e. The number of benzene rings is 2. The van der Waals surface area contributed by atoms with Crippen molar-refractivity contribution in [3.05, 3.63) is 74.8 Å². The Kier molecular flexibility index (Phi) is 8.15. The molecule has 32 heavy (non-hydrogen) atoms. The summed E-state index contributed by atoms with van der Waals surface area (Å²) in [5.41, 5.74) is 0.827. The first-order valence-corrected chi connectivity index (χ1v) is 10.6. The van der Waals surface area contributed by atoms with Crippen LogP contribution in [-0.4, -0.2) is 60.5 Å². The Morgan fingerprint density at radius 3 is 2.59 bits per heavy atom. The quantitative estimate of drug-likeness (QED) is 0.462. The van der Waals surface area contributed by atoms with Crippen molar-refractivity contribution < 1.29 is 19.2 Å². The lowest BCUT2D eigenvalue weighted by Gasteiger charge is -2.35. The van der Waals surface area contributed by atoms with Crippen molar-refractivity contribution in [1.82, 2.24) is 15.5 Å². The van der Waals surface area contributed by atoms with E-state index >= 15 is 0 Å². The first-order chi connectivity index (χ1) is 15.4. The Hall–Kier alpha value is -3.01. The number of rotatable bonds is 8. The number of ether oxygens (including phenoxy) is 1. The number of halogens is 1. The first-order valence-electron chi connectivity index (χ1n) is 10.3. The van der Waals surface area contributed by atoms with E-state index in [0.717, 1.165) is 5.56 Å². The van der Waals surface area contributed by atoms with E-state index in [2.05, 4.69) is 15.5 Å². The smallest absolute Gasteiger partial charge is 0.270 e. The molecular formula is C22H25ClN4O5. The predicted molar refractivity (Wildman–Crippen MR) is 120 cm³/mol. The second-order valence-electron chi connectivity index (χ2n) is 7.43. The average Bonchev–Trinajstić information content (AvgIpc) is 2.80. The molecular weight excluding hydrogens is 436 g/mol. The third kappa shape index (κ3) is 6.03. The van der Waals surface area contributed by atoms with Gasteiger partial charge >= 0.3 is 0 Å². The highest BCUT2D eigenvalue weighted by Gasteiger charge is 2.26. The zero-order valence-electron chi connectivity index (χ0n) is 17.6. The van der Waals surface area contributed by atoms with Crippen LogP contribution in [0.2, 0.25) is 5.02 Å². The summed E-state index contributed by atoms with van der Waals surface area (Å²) >= 11 is 6.41. The monoisotopic (exact) mass is 460 g/mol. The van der Waals surface area contributed by atoms with Crippen LogP contribution in [0.5, 0.6) is 0 Å². The summed E-state index contributed by atoms with van der Waals surface area (Å²) < 4.78 is 5.44. The zero-order chi connectivity index (χ0) is 23.1. The Morgan fingerprint density at radius 2 is 1.91 bits per heavy atom. The highest BCUT2D eigenvalue weighted by atomic mass is 35.5. The Bertz CT molecular complexity index is 980. The van der Waals surface area contributed by atoms with Gasteiger partial charge in [-0.2, -0.15) is 0 Å². The summed E-state index contributed by atoms with van der Waals surface area (Å²) in [6.07, 6.45) is 0. The topological polar surface area (TPSA) is 114 Å². The number of nitro groups is 1. The molecule has 10 heteroatoms. The largest absolute Gasteiger partial charge is 0.379 e. The van der Waals surface area contributed by atoms with E-state index in [1.54, 1.807) is 6.92 Å². The molecule has 2 N–H and O–H groups in total. The Labute approximate surface area is 190 Å². The molecule has 170 valence electrons. The third-order valence-corrected chi connectivity index (χ3v) is 5.62. The van der Waals surface area contributed by atoms with Crippen molar-refractivity contribution in [1.29, 1.82) is 0 Å². The maximum absolute atomic E-state index is 12.7. The van der Waals surface area contributed by atoms with Crippen molar-refractivity contribution in [3.63, 3.8) is 0 Å². The second kappa shape index (κ2) is 11.0. The molecule has 9 nitrogen and oxygen atoms in total. The van der Waals surface area contributed by atoms with Crippen LogP contribution < -0.4 is 10.6 Å². The molecule has 0 aliphatic carbocycles. The van der Waals surface area contributed by atoms with Gasteiger partial charge in [-0.15, -0.1) is 0 Å². The number of carbonyl (C=O) groups excluding carboxylic acids is 2. The summed E-state index contributed by atoms with van der Waals surface area (Å²) in [7, 11) is 0. The van der Waals surface area contributed by atoms with Gasteiger partial charge in [-0.05, 0) is 24.6 Å². The van der Waals surface area contributed by atoms with E-state index in [0.29, 0.717) is 37.9 Å². The minimum absolute atomic E-state index is 0.112. The lowest BCUT2D eigenvalue weighted by molar-refractivity contribution is -0.384. The molecule has 1 aliphatic rings. The summed E-state index contributed by atoms with van der Waals surface area (Å²) in [4.78, 5) is 37.7. The molecule has 1 saturated heterocycles. The number of non-ortho nitro benzene ring substituents is 1. The standard InChI is InChI=1S/C22H25ClN4O5/c1-15(25-22(29)16-5-4-6-17(13-16)27(30)31)21(28)24-14-20(26-9-11-32-12-10-26)18-7-2-3-8-19(18)23/h2-8,13,15,20H,9-12,14H2,1H3,(H,24,28)(H,25,29). The maximum atomic E-state index is 12.7. The van der Waals surface area contributed by atoms with Gasteiger partial charge in [0.05, 0.1) is 24.2 Å². The summed E-state index contributed by atoms with van der Waals surface area (Å²) in [6, 6.07) is 11.9. The summed E-state index contributed by atoms with van der Waals surface area (Å²) in [5.74, 6) is -0.929. The molecule has 2 amide bonds. The molecule has 1 fully saturated rings. The van der Waals surface area contributed by atoms with Crippen LogP contribution in [0.4, 0.5) is 5.69 Å². The van der Waals surface area contributed by atoms with Crippen LogP contribution >= 0.6 is 11.6 Å². The number of amides is 2. The van der Waals surface area contributed by atoms with Gasteiger partial charge in [-0.25, -0.2) is 0 Å². The van der Waals surface area contributed by atoms with Crippen molar-refractivity contribution in [2.24, 2.45) is 0 Å². The van der Waals surface area contributed by atoms with Crippen LogP contribution in [0, 0.1) is 10.1 Å². The Balaban J connectivity index is 1.64. The van der Waals surface area contributed by atoms with Gasteiger partial charge in [0.25, 0.3) is 11.6 Å². The lowest BCUT2D eigenvalue weighted by Crippen LogP contribution is -2.48. The molecule has 0 saturated carbocycles. The molecule has 3 rings (SSSR count). The minimum atomic E-state index is -0.835. The summed E-state index contributed by atoms with van der Waals surface area (Å²) in [5, 5.41) is 17.0. The second-order valence-corrected chi connectivity index (χ2v) is 7.84. The lowest BCUT2D eigenvalue weighted by atomic mass is 10.0.